The Morgan fingerprint density at radius 2 is 2.03 bits per heavy atom. The van der Waals surface area contributed by atoms with E-state index in [4.69, 9.17) is 4.74 Å². The number of aliphatic imine (C=N–C) groups is 1. The third-order valence-electron chi connectivity index (χ3n) is 5.11. The minimum absolute atomic E-state index is 0. The number of halogens is 1. The average Bonchev–Trinajstić information content (AvgIpc) is 3.26. The van der Waals surface area contributed by atoms with Crippen LogP contribution in [0.5, 0.6) is 0 Å². The van der Waals surface area contributed by atoms with E-state index in [9.17, 15) is 4.79 Å². The zero-order valence-electron chi connectivity index (χ0n) is 17.9. The largest absolute Gasteiger partial charge is 0.368 e. The summed E-state index contributed by atoms with van der Waals surface area (Å²) in [6.45, 7) is 4.19. The van der Waals surface area contributed by atoms with E-state index in [1.165, 1.54) is 11.1 Å². The molecule has 1 aliphatic rings. The molecule has 0 spiro atoms. The Hall–Kier alpha value is -2.13. The molecule has 1 atom stereocenters. The average molecular weight is 522 g/mol. The molecule has 1 aliphatic heterocycles. The molecule has 1 heterocycles. The van der Waals surface area contributed by atoms with Crippen LogP contribution in [0, 0.1) is 6.92 Å². The summed E-state index contributed by atoms with van der Waals surface area (Å²) in [5, 5.41) is 6.35. The first-order valence-corrected chi connectivity index (χ1v) is 10.0. The molecule has 2 aromatic carbocycles. The first kappa shape index (κ1) is 24.1. The molecule has 162 valence electrons. The molecule has 0 saturated carbocycles. The van der Waals surface area contributed by atoms with E-state index >= 15 is 0 Å². The summed E-state index contributed by atoms with van der Waals surface area (Å²) in [5.41, 5.74) is 4.40. The van der Waals surface area contributed by atoms with Gasteiger partial charge < -0.3 is 20.3 Å². The Morgan fingerprint density at radius 3 is 2.73 bits per heavy atom. The maximum absolute atomic E-state index is 12.3. The highest BCUT2D eigenvalue weighted by atomic mass is 127. The Labute approximate surface area is 196 Å². The summed E-state index contributed by atoms with van der Waals surface area (Å²) >= 11 is 0. The van der Waals surface area contributed by atoms with Gasteiger partial charge in [-0.1, -0.05) is 36.4 Å². The summed E-state index contributed by atoms with van der Waals surface area (Å²) in [5.74, 6) is 0.753. The van der Waals surface area contributed by atoms with Crippen LogP contribution < -0.4 is 10.6 Å². The first-order chi connectivity index (χ1) is 14.1. The fourth-order valence-corrected chi connectivity index (χ4v) is 3.45. The summed E-state index contributed by atoms with van der Waals surface area (Å²) in [6.07, 6.45) is 1.40. The fourth-order valence-electron chi connectivity index (χ4n) is 3.45. The van der Waals surface area contributed by atoms with Crippen LogP contribution in [0.4, 0.5) is 5.69 Å². The van der Waals surface area contributed by atoms with E-state index in [2.05, 4.69) is 51.7 Å². The molecule has 1 saturated heterocycles. The normalized spacial score (nSPS) is 16.0. The van der Waals surface area contributed by atoms with E-state index < -0.39 is 0 Å². The van der Waals surface area contributed by atoms with Crippen molar-refractivity contribution in [3.8, 4) is 0 Å². The molecule has 1 amide bonds. The monoisotopic (exact) mass is 522 g/mol. The Morgan fingerprint density at radius 1 is 1.23 bits per heavy atom. The van der Waals surface area contributed by atoms with Gasteiger partial charge >= 0.3 is 0 Å². The maximum atomic E-state index is 12.3. The molecule has 7 heteroatoms. The SMILES string of the molecule is CN=C(NCc1cccc(NC(=O)C2CCCO2)c1)N(C)Cc1ccccc1C.I. The third kappa shape index (κ3) is 6.70. The van der Waals surface area contributed by atoms with Gasteiger partial charge in [0.05, 0.1) is 0 Å². The zero-order chi connectivity index (χ0) is 20.6. The van der Waals surface area contributed by atoms with Crippen LogP contribution in [0.2, 0.25) is 0 Å². The van der Waals surface area contributed by atoms with E-state index in [1.807, 2.05) is 31.3 Å². The molecule has 6 nitrogen and oxygen atoms in total. The second-order valence-electron chi connectivity index (χ2n) is 7.37. The van der Waals surface area contributed by atoms with Crippen molar-refractivity contribution in [2.75, 3.05) is 26.0 Å². The Balaban J connectivity index is 0.00000320. The summed E-state index contributed by atoms with van der Waals surface area (Å²) in [6, 6.07) is 16.2. The van der Waals surface area contributed by atoms with E-state index in [1.54, 1.807) is 7.05 Å². The van der Waals surface area contributed by atoms with Crippen molar-refractivity contribution in [3.05, 3.63) is 65.2 Å². The van der Waals surface area contributed by atoms with Gasteiger partial charge in [-0.05, 0) is 48.6 Å². The van der Waals surface area contributed by atoms with Crippen LogP contribution in [0.1, 0.15) is 29.5 Å². The molecular weight excluding hydrogens is 491 g/mol. The van der Waals surface area contributed by atoms with Crippen molar-refractivity contribution in [1.29, 1.82) is 0 Å². The van der Waals surface area contributed by atoms with Crippen LogP contribution in [0.3, 0.4) is 0 Å². The van der Waals surface area contributed by atoms with E-state index in [-0.39, 0.29) is 36.0 Å². The van der Waals surface area contributed by atoms with Crippen LogP contribution in [-0.2, 0) is 22.6 Å². The number of hydrogen-bond acceptors (Lipinski definition) is 3. The number of hydrogen-bond donors (Lipinski definition) is 2. The minimum atomic E-state index is -0.328. The van der Waals surface area contributed by atoms with Gasteiger partial charge in [0.15, 0.2) is 5.96 Å². The molecular formula is C23H31IN4O2. The van der Waals surface area contributed by atoms with Gasteiger partial charge in [-0.3, -0.25) is 9.79 Å². The molecule has 30 heavy (non-hydrogen) atoms. The van der Waals surface area contributed by atoms with Crippen molar-refractivity contribution >= 4 is 41.5 Å². The van der Waals surface area contributed by atoms with Gasteiger partial charge in [0.1, 0.15) is 6.10 Å². The summed E-state index contributed by atoms with van der Waals surface area (Å²) in [7, 11) is 3.81. The third-order valence-corrected chi connectivity index (χ3v) is 5.11. The number of amides is 1. The molecule has 1 unspecified atom stereocenters. The molecule has 3 rings (SSSR count). The number of carbonyl (C=O) groups excluding carboxylic acids is 1. The predicted octanol–water partition coefficient (Wildman–Crippen LogP) is 3.94. The number of rotatable bonds is 6. The lowest BCUT2D eigenvalue weighted by Gasteiger charge is -2.23. The highest BCUT2D eigenvalue weighted by molar-refractivity contribution is 14.0. The van der Waals surface area contributed by atoms with Crippen molar-refractivity contribution in [2.45, 2.75) is 39.0 Å². The number of carbonyl (C=O) groups is 1. The minimum Gasteiger partial charge on any atom is -0.368 e. The Kier molecular flexibility index (Phi) is 9.58. The highest BCUT2D eigenvalue weighted by Gasteiger charge is 2.23. The molecule has 1 fully saturated rings. The maximum Gasteiger partial charge on any atom is 0.253 e. The van der Waals surface area contributed by atoms with Gasteiger partial charge in [-0.25, -0.2) is 0 Å². The second kappa shape index (κ2) is 11.9. The Bertz CT molecular complexity index is 866. The lowest BCUT2D eigenvalue weighted by molar-refractivity contribution is -0.124. The fraction of sp³-hybridized carbons (Fsp3) is 0.391. The standard InChI is InChI=1S/C23H30N4O2.HI/c1-17-8-4-5-10-19(17)16-27(3)23(24-2)25-15-18-9-6-11-20(14-18)26-22(28)21-12-7-13-29-21;/h4-6,8-11,14,21H,7,12-13,15-16H2,1-3H3,(H,24,25)(H,26,28);1H. The van der Waals surface area contributed by atoms with Gasteiger partial charge in [-0.15, -0.1) is 24.0 Å². The van der Waals surface area contributed by atoms with Crippen molar-refractivity contribution in [1.82, 2.24) is 10.2 Å². The lowest BCUT2D eigenvalue weighted by atomic mass is 10.1. The number of anilines is 1. The molecule has 2 N–H and O–H groups in total. The molecule has 0 aromatic heterocycles. The smallest absolute Gasteiger partial charge is 0.253 e. The van der Waals surface area contributed by atoms with Crippen LogP contribution in [-0.4, -0.2) is 43.6 Å². The van der Waals surface area contributed by atoms with Gasteiger partial charge in [0, 0.05) is 39.5 Å². The van der Waals surface area contributed by atoms with E-state index in [0.29, 0.717) is 13.2 Å². The number of guanidine groups is 1. The first-order valence-electron chi connectivity index (χ1n) is 10.0. The molecule has 2 aromatic rings. The van der Waals surface area contributed by atoms with E-state index in [0.717, 1.165) is 36.6 Å². The number of ether oxygens (including phenoxy) is 1. The van der Waals surface area contributed by atoms with Gasteiger partial charge in [-0.2, -0.15) is 0 Å². The van der Waals surface area contributed by atoms with Crippen molar-refractivity contribution < 1.29 is 9.53 Å². The number of aryl methyl sites for hydroxylation is 1. The summed E-state index contributed by atoms with van der Waals surface area (Å²) in [4.78, 5) is 18.8. The highest BCUT2D eigenvalue weighted by Crippen LogP contribution is 2.16. The van der Waals surface area contributed by atoms with Crippen molar-refractivity contribution in [2.24, 2.45) is 4.99 Å². The molecule has 0 aliphatic carbocycles. The van der Waals surface area contributed by atoms with Gasteiger partial charge in [0.2, 0.25) is 0 Å². The van der Waals surface area contributed by atoms with Crippen LogP contribution in [0.25, 0.3) is 0 Å². The lowest BCUT2D eigenvalue weighted by Crippen LogP contribution is -2.38. The topological polar surface area (TPSA) is 66.0 Å². The zero-order valence-corrected chi connectivity index (χ0v) is 20.2. The number of benzene rings is 2. The van der Waals surface area contributed by atoms with Crippen LogP contribution >= 0.6 is 24.0 Å². The predicted molar refractivity (Wildman–Crippen MR) is 132 cm³/mol. The quantitative estimate of drug-likeness (QED) is 0.343. The van der Waals surface area contributed by atoms with Crippen molar-refractivity contribution in [3.63, 3.8) is 0 Å². The molecule has 0 radical (unpaired) electrons. The van der Waals surface area contributed by atoms with Gasteiger partial charge in [0.25, 0.3) is 5.91 Å². The number of nitrogens with zero attached hydrogens (tertiary/aromatic N) is 2. The summed E-state index contributed by atoms with van der Waals surface area (Å²) < 4.78 is 5.45. The van der Waals surface area contributed by atoms with Crippen LogP contribution in [0.15, 0.2) is 53.5 Å². The molecule has 0 bridgehead atoms. The number of nitrogens with one attached hydrogen (secondary N) is 2. The second-order valence-corrected chi connectivity index (χ2v) is 7.37.